The second kappa shape index (κ2) is 8.24. The highest BCUT2D eigenvalue weighted by Crippen LogP contribution is 2.40. The molecule has 0 saturated carbocycles. The van der Waals surface area contributed by atoms with Crippen molar-refractivity contribution in [2.75, 3.05) is 35.3 Å². The van der Waals surface area contributed by atoms with Crippen molar-refractivity contribution in [3.8, 4) is 0 Å². The maximum Gasteiger partial charge on any atom is 0.282 e. The fourth-order valence-corrected chi connectivity index (χ4v) is 4.66. The monoisotopic (exact) mass is 437 g/mol. The summed E-state index contributed by atoms with van der Waals surface area (Å²) >= 11 is 0. The summed E-state index contributed by atoms with van der Waals surface area (Å²) in [6.07, 6.45) is 1.90. The maximum atomic E-state index is 13.9. The molecule has 2 aliphatic rings. The van der Waals surface area contributed by atoms with Crippen molar-refractivity contribution in [3.63, 3.8) is 0 Å². The second-order valence-electron chi connectivity index (χ2n) is 8.83. The summed E-state index contributed by atoms with van der Waals surface area (Å²) in [6.45, 7) is 2.72. The lowest BCUT2D eigenvalue weighted by Gasteiger charge is -2.32. The van der Waals surface area contributed by atoms with Crippen molar-refractivity contribution in [1.29, 1.82) is 0 Å². The highest BCUT2D eigenvalue weighted by molar-refractivity contribution is 6.46. The summed E-state index contributed by atoms with van der Waals surface area (Å²) in [5.41, 5.74) is 6.53. The third-order valence-corrected chi connectivity index (χ3v) is 6.38. The molecule has 0 N–H and O–H groups in total. The molecular weight excluding hydrogens is 410 g/mol. The summed E-state index contributed by atoms with van der Waals surface area (Å²) in [6, 6.07) is 23.6. The maximum absolute atomic E-state index is 13.9. The molecule has 0 atom stereocenters. The van der Waals surface area contributed by atoms with Gasteiger partial charge in [-0.2, -0.15) is 0 Å². The zero-order valence-corrected chi connectivity index (χ0v) is 19.2. The van der Waals surface area contributed by atoms with Crippen LogP contribution in [0.1, 0.15) is 23.1 Å². The van der Waals surface area contributed by atoms with E-state index in [1.807, 2.05) is 97.5 Å². The smallest absolute Gasteiger partial charge is 0.282 e. The molecule has 0 saturated heterocycles. The number of benzene rings is 3. The van der Waals surface area contributed by atoms with Crippen molar-refractivity contribution in [3.05, 3.63) is 95.2 Å². The lowest BCUT2D eigenvalue weighted by atomic mass is 9.98. The number of carbonyl (C=O) groups is 2. The average molecular weight is 438 g/mol. The van der Waals surface area contributed by atoms with Crippen LogP contribution in [0.3, 0.4) is 0 Å². The standard InChI is InChI=1S/C28H27N3O2/c1-19-13-15-21(16-14-19)25-26(30-17-7-9-20-8-4-5-12-24(20)30)28(33)31(27(25)32)23-11-6-10-22(18-23)29(2)3/h4-6,8,10-16,18H,7,9,17H2,1-3H3. The Morgan fingerprint density at radius 2 is 1.61 bits per heavy atom. The minimum absolute atomic E-state index is 0.275. The molecule has 0 unspecified atom stereocenters. The summed E-state index contributed by atoms with van der Waals surface area (Å²) in [7, 11) is 3.89. The molecule has 0 fully saturated rings. The SMILES string of the molecule is Cc1ccc(C2=C(N3CCCc4ccccc43)C(=O)N(c3cccc(N(C)C)c3)C2=O)cc1. The van der Waals surface area contributed by atoms with Crippen molar-refractivity contribution < 1.29 is 9.59 Å². The van der Waals surface area contributed by atoms with Crippen LogP contribution >= 0.6 is 0 Å². The molecule has 2 aliphatic heterocycles. The molecule has 0 radical (unpaired) electrons. The van der Waals surface area contributed by atoms with Crippen LogP contribution in [0.2, 0.25) is 0 Å². The van der Waals surface area contributed by atoms with Gasteiger partial charge in [0.1, 0.15) is 5.70 Å². The summed E-state index contributed by atoms with van der Waals surface area (Å²) < 4.78 is 0. The van der Waals surface area contributed by atoms with E-state index in [1.54, 1.807) is 0 Å². The zero-order chi connectivity index (χ0) is 23.1. The van der Waals surface area contributed by atoms with E-state index >= 15 is 0 Å². The van der Waals surface area contributed by atoms with Crippen LogP contribution in [0, 0.1) is 6.92 Å². The molecule has 2 amide bonds. The van der Waals surface area contributed by atoms with Crippen molar-refractivity contribution >= 4 is 34.4 Å². The van der Waals surface area contributed by atoms with Gasteiger partial charge in [-0.05, 0) is 55.2 Å². The van der Waals surface area contributed by atoms with Crippen LogP contribution in [0.5, 0.6) is 0 Å². The normalized spacial score (nSPS) is 15.8. The van der Waals surface area contributed by atoms with Gasteiger partial charge in [-0.3, -0.25) is 9.59 Å². The molecule has 3 aromatic carbocycles. The summed E-state index contributed by atoms with van der Waals surface area (Å²) in [4.78, 5) is 33.1. The molecule has 0 aromatic heterocycles. The minimum Gasteiger partial charge on any atom is -0.378 e. The van der Waals surface area contributed by atoms with Gasteiger partial charge in [-0.1, -0.05) is 54.1 Å². The Balaban J connectivity index is 1.68. The van der Waals surface area contributed by atoms with E-state index in [-0.39, 0.29) is 11.8 Å². The van der Waals surface area contributed by atoms with Gasteiger partial charge in [0.05, 0.1) is 11.3 Å². The van der Waals surface area contributed by atoms with Crippen LogP contribution in [-0.2, 0) is 16.0 Å². The predicted octanol–water partition coefficient (Wildman–Crippen LogP) is 4.80. The first-order chi connectivity index (χ1) is 16.0. The van der Waals surface area contributed by atoms with E-state index in [0.29, 0.717) is 23.5 Å². The number of hydrogen-bond acceptors (Lipinski definition) is 4. The number of rotatable bonds is 4. The van der Waals surface area contributed by atoms with Gasteiger partial charge in [-0.15, -0.1) is 0 Å². The highest BCUT2D eigenvalue weighted by Gasteiger charge is 2.43. The van der Waals surface area contributed by atoms with E-state index in [9.17, 15) is 9.59 Å². The largest absolute Gasteiger partial charge is 0.378 e. The number of amides is 2. The first-order valence-corrected chi connectivity index (χ1v) is 11.3. The Morgan fingerprint density at radius 3 is 2.36 bits per heavy atom. The van der Waals surface area contributed by atoms with E-state index in [2.05, 4.69) is 6.07 Å². The lowest BCUT2D eigenvalue weighted by molar-refractivity contribution is -0.120. The molecule has 5 nitrogen and oxygen atoms in total. The predicted molar refractivity (Wildman–Crippen MR) is 133 cm³/mol. The van der Waals surface area contributed by atoms with E-state index in [0.717, 1.165) is 35.3 Å². The molecule has 33 heavy (non-hydrogen) atoms. The number of hydrogen-bond donors (Lipinski definition) is 0. The van der Waals surface area contributed by atoms with Gasteiger partial charge in [0, 0.05) is 32.0 Å². The quantitative estimate of drug-likeness (QED) is 0.550. The highest BCUT2D eigenvalue weighted by atomic mass is 16.2. The second-order valence-corrected chi connectivity index (χ2v) is 8.83. The van der Waals surface area contributed by atoms with Gasteiger partial charge in [-0.25, -0.2) is 4.90 Å². The van der Waals surface area contributed by atoms with Gasteiger partial charge in [0.2, 0.25) is 0 Å². The number of fused-ring (bicyclic) bond motifs is 1. The first-order valence-electron chi connectivity index (χ1n) is 11.3. The van der Waals surface area contributed by atoms with Crippen LogP contribution in [0.4, 0.5) is 17.1 Å². The number of anilines is 3. The Labute approximate surface area is 194 Å². The molecule has 0 bridgehead atoms. The third kappa shape index (κ3) is 3.59. The van der Waals surface area contributed by atoms with Crippen LogP contribution in [-0.4, -0.2) is 32.5 Å². The Hall–Kier alpha value is -3.86. The Bertz CT molecular complexity index is 1270. The molecular formula is C28H27N3O2. The van der Waals surface area contributed by atoms with E-state index < -0.39 is 0 Å². The zero-order valence-electron chi connectivity index (χ0n) is 19.2. The lowest BCUT2D eigenvalue weighted by Crippen LogP contribution is -2.37. The number of carbonyl (C=O) groups excluding carboxylic acids is 2. The van der Waals surface area contributed by atoms with Crippen LogP contribution in [0.25, 0.3) is 5.57 Å². The van der Waals surface area contributed by atoms with Crippen LogP contribution in [0.15, 0.2) is 78.5 Å². The summed E-state index contributed by atoms with van der Waals surface area (Å²) in [5, 5.41) is 0. The minimum atomic E-state index is -0.280. The van der Waals surface area contributed by atoms with Gasteiger partial charge in [0.15, 0.2) is 0 Å². The number of aryl methyl sites for hydroxylation is 2. The van der Waals surface area contributed by atoms with E-state index in [1.165, 1.54) is 10.5 Å². The van der Waals surface area contributed by atoms with Gasteiger partial charge in [0.25, 0.3) is 11.8 Å². The summed E-state index contributed by atoms with van der Waals surface area (Å²) in [5.74, 6) is -0.555. The van der Waals surface area contributed by atoms with Gasteiger partial charge < -0.3 is 9.80 Å². The average Bonchev–Trinajstić information content (AvgIpc) is 3.09. The third-order valence-electron chi connectivity index (χ3n) is 6.38. The molecule has 0 aliphatic carbocycles. The fourth-order valence-electron chi connectivity index (χ4n) is 4.66. The van der Waals surface area contributed by atoms with Crippen LogP contribution < -0.4 is 14.7 Å². The molecule has 5 rings (SSSR count). The number of imide groups is 1. The number of nitrogens with zero attached hydrogens (tertiary/aromatic N) is 3. The van der Waals surface area contributed by atoms with Crippen molar-refractivity contribution in [1.82, 2.24) is 0 Å². The Kier molecular flexibility index (Phi) is 5.25. The topological polar surface area (TPSA) is 43.9 Å². The van der Waals surface area contributed by atoms with E-state index in [4.69, 9.17) is 0 Å². The first kappa shape index (κ1) is 21.0. The molecule has 3 aromatic rings. The molecule has 166 valence electrons. The molecule has 0 spiro atoms. The Morgan fingerprint density at radius 1 is 0.848 bits per heavy atom. The molecule has 2 heterocycles. The number of para-hydroxylation sites is 1. The molecule has 5 heteroatoms. The van der Waals surface area contributed by atoms with Crippen molar-refractivity contribution in [2.45, 2.75) is 19.8 Å². The van der Waals surface area contributed by atoms with Gasteiger partial charge >= 0.3 is 0 Å². The van der Waals surface area contributed by atoms with Crippen molar-refractivity contribution in [2.24, 2.45) is 0 Å². The fraction of sp³-hybridized carbons (Fsp3) is 0.214.